The van der Waals surface area contributed by atoms with Crippen LogP contribution in [0.1, 0.15) is 39.5 Å². The van der Waals surface area contributed by atoms with Crippen molar-refractivity contribution in [3.05, 3.63) is 63.2 Å². The Morgan fingerprint density at radius 3 is 2.65 bits per heavy atom. The summed E-state index contributed by atoms with van der Waals surface area (Å²) in [5.74, 6) is -0.309. The van der Waals surface area contributed by atoms with Gasteiger partial charge >= 0.3 is 6.09 Å². The molecule has 1 heterocycles. The second kappa shape index (κ2) is 9.38. The highest BCUT2D eigenvalue weighted by molar-refractivity contribution is 6.31. The Bertz CT molecular complexity index is 1060. The normalized spacial score (nSPS) is 16.6. The zero-order valence-electron chi connectivity index (χ0n) is 17.8. The van der Waals surface area contributed by atoms with Crippen molar-refractivity contribution < 1.29 is 14.7 Å². The van der Waals surface area contributed by atoms with Crippen LogP contribution >= 0.6 is 11.6 Å². The first-order chi connectivity index (χ1) is 14.7. The van der Waals surface area contributed by atoms with Crippen LogP contribution in [0.15, 0.2) is 30.3 Å². The molecular weight excluding hydrogens is 416 g/mol. The number of aryl methyl sites for hydroxylation is 1. The van der Waals surface area contributed by atoms with Gasteiger partial charge in [0.25, 0.3) is 5.91 Å². The third kappa shape index (κ3) is 5.16. The van der Waals surface area contributed by atoms with E-state index in [9.17, 15) is 20.0 Å². The molecule has 1 unspecified atom stereocenters. The number of carboxylic acid groups (broad SMARTS) is 1. The zero-order chi connectivity index (χ0) is 22.7. The molecule has 0 radical (unpaired) electrons. The summed E-state index contributed by atoms with van der Waals surface area (Å²) in [6.45, 7) is 7.96. The fraction of sp³-hybridized carbons (Fsp3) is 0.348. The van der Waals surface area contributed by atoms with E-state index in [-0.39, 0.29) is 11.9 Å². The van der Waals surface area contributed by atoms with E-state index in [2.05, 4.69) is 16.3 Å². The number of hydrogen-bond acceptors (Lipinski definition) is 4. The Labute approximate surface area is 186 Å². The van der Waals surface area contributed by atoms with Gasteiger partial charge < -0.3 is 15.3 Å². The van der Waals surface area contributed by atoms with E-state index >= 15 is 0 Å². The average molecular weight is 441 g/mol. The molecule has 2 N–H and O–H groups in total. The minimum absolute atomic E-state index is 0.0965. The number of carbonyl (C=O) groups is 2. The van der Waals surface area contributed by atoms with Crippen LogP contribution in [-0.4, -0.2) is 52.6 Å². The van der Waals surface area contributed by atoms with Gasteiger partial charge in [0.05, 0.1) is 11.6 Å². The fourth-order valence-corrected chi connectivity index (χ4v) is 4.05. The predicted octanol–water partition coefficient (Wildman–Crippen LogP) is 4.26. The van der Waals surface area contributed by atoms with E-state index < -0.39 is 6.09 Å². The van der Waals surface area contributed by atoms with Crippen LogP contribution in [0.4, 0.5) is 10.5 Å². The molecule has 0 bridgehead atoms. The summed E-state index contributed by atoms with van der Waals surface area (Å²) in [5.41, 5.74) is 4.17. The summed E-state index contributed by atoms with van der Waals surface area (Å²) >= 11 is 6.33. The molecule has 1 aliphatic rings. The summed E-state index contributed by atoms with van der Waals surface area (Å²) < 4.78 is 0. The number of rotatable bonds is 4. The van der Waals surface area contributed by atoms with Crippen molar-refractivity contribution in [1.29, 1.82) is 5.26 Å². The minimum atomic E-state index is -0.897. The standard InChI is InChI=1S/C23H25ClN4O3/c1-14-4-5-17(8-18(14)11-25)22(29)26-21-10-20(24)9-19(16(21)3)13-27-6-7-28(23(30)31)15(2)12-27/h4-5,8-10,15H,6-7,12-13H2,1-3H3,(H,26,29)(H,30,31). The summed E-state index contributed by atoms with van der Waals surface area (Å²) in [6.07, 6.45) is -0.897. The maximum absolute atomic E-state index is 12.8. The van der Waals surface area contributed by atoms with E-state index in [1.54, 1.807) is 24.3 Å². The van der Waals surface area contributed by atoms with Gasteiger partial charge in [-0.15, -0.1) is 0 Å². The number of amides is 2. The molecule has 162 valence electrons. The lowest BCUT2D eigenvalue weighted by Crippen LogP contribution is -2.53. The van der Waals surface area contributed by atoms with Gasteiger partial charge in [-0.1, -0.05) is 17.7 Å². The quantitative estimate of drug-likeness (QED) is 0.740. The largest absolute Gasteiger partial charge is 0.465 e. The van der Waals surface area contributed by atoms with Gasteiger partial charge in [-0.25, -0.2) is 4.79 Å². The number of halogens is 1. The SMILES string of the molecule is Cc1ccc(C(=O)Nc2cc(Cl)cc(CN3CCN(C(=O)O)C(C)C3)c2C)cc1C#N. The molecule has 0 aromatic heterocycles. The van der Waals surface area contributed by atoms with Gasteiger partial charge in [0.15, 0.2) is 0 Å². The summed E-state index contributed by atoms with van der Waals surface area (Å²) in [7, 11) is 0. The maximum atomic E-state index is 12.8. The lowest BCUT2D eigenvalue weighted by Gasteiger charge is -2.38. The van der Waals surface area contributed by atoms with E-state index in [0.717, 1.165) is 16.7 Å². The third-order valence-corrected chi connectivity index (χ3v) is 5.92. The number of piperazine rings is 1. The van der Waals surface area contributed by atoms with Gasteiger partial charge in [-0.3, -0.25) is 9.69 Å². The van der Waals surface area contributed by atoms with E-state index in [4.69, 9.17) is 11.6 Å². The Morgan fingerprint density at radius 1 is 1.26 bits per heavy atom. The van der Waals surface area contributed by atoms with Crippen LogP contribution < -0.4 is 5.32 Å². The number of nitriles is 1. The maximum Gasteiger partial charge on any atom is 0.407 e. The highest BCUT2D eigenvalue weighted by Crippen LogP contribution is 2.27. The van der Waals surface area contributed by atoms with Crippen molar-refractivity contribution >= 4 is 29.3 Å². The van der Waals surface area contributed by atoms with Crippen LogP contribution in [0.2, 0.25) is 5.02 Å². The molecule has 1 atom stereocenters. The van der Waals surface area contributed by atoms with Crippen LogP contribution in [-0.2, 0) is 6.54 Å². The molecule has 7 nitrogen and oxygen atoms in total. The molecule has 8 heteroatoms. The average Bonchev–Trinajstić information content (AvgIpc) is 2.71. The van der Waals surface area contributed by atoms with Crippen molar-refractivity contribution in [1.82, 2.24) is 9.80 Å². The Hall–Kier alpha value is -3.08. The molecule has 1 fully saturated rings. The molecule has 1 aliphatic heterocycles. The van der Waals surface area contributed by atoms with Gasteiger partial charge in [0, 0.05) is 48.5 Å². The highest BCUT2D eigenvalue weighted by atomic mass is 35.5. The molecule has 1 saturated heterocycles. The van der Waals surface area contributed by atoms with Crippen molar-refractivity contribution in [2.75, 3.05) is 25.0 Å². The van der Waals surface area contributed by atoms with Crippen molar-refractivity contribution in [3.63, 3.8) is 0 Å². The van der Waals surface area contributed by atoms with Gasteiger partial charge in [0.2, 0.25) is 0 Å². The first-order valence-electron chi connectivity index (χ1n) is 10.0. The van der Waals surface area contributed by atoms with Crippen LogP contribution in [0.25, 0.3) is 0 Å². The number of carbonyl (C=O) groups excluding carboxylic acids is 1. The monoisotopic (exact) mass is 440 g/mol. The van der Waals surface area contributed by atoms with Crippen molar-refractivity contribution in [3.8, 4) is 6.07 Å². The topological polar surface area (TPSA) is 96.7 Å². The van der Waals surface area contributed by atoms with Crippen LogP contribution in [0, 0.1) is 25.2 Å². The lowest BCUT2D eigenvalue weighted by atomic mass is 10.0. The molecule has 0 aliphatic carbocycles. The summed E-state index contributed by atoms with van der Waals surface area (Å²) in [4.78, 5) is 27.7. The van der Waals surface area contributed by atoms with Crippen LogP contribution in [0.3, 0.4) is 0 Å². The molecule has 2 aromatic rings. The van der Waals surface area contributed by atoms with E-state index in [1.165, 1.54) is 4.90 Å². The smallest absolute Gasteiger partial charge is 0.407 e. The third-order valence-electron chi connectivity index (χ3n) is 5.70. The number of nitrogens with zero attached hydrogens (tertiary/aromatic N) is 3. The minimum Gasteiger partial charge on any atom is -0.465 e. The second-order valence-corrected chi connectivity index (χ2v) is 8.33. The van der Waals surface area contributed by atoms with Gasteiger partial charge in [-0.2, -0.15) is 5.26 Å². The molecule has 31 heavy (non-hydrogen) atoms. The van der Waals surface area contributed by atoms with Gasteiger partial charge in [0.1, 0.15) is 0 Å². The number of benzene rings is 2. The van der Waals surface area contributed by atoms with E-state index in [1.807, 2.05) is 26.8 Å². The fourth-order valence-electron chi connectivity index (χ4n) is 3.81. The first-order valence-corrected chi connectivity index (χ1v) is 10.4. The van der Waals surface area contributed by atoms with Gasteiger partial charge in [-0.05, 0) is 61.7 Å². The predicted molar refractivity (Wildman–Crippen MR) is 120 cm³/mol. The Kier molecular flexibility index (Phi) is 6.84. The number of hydrogen-bond donors (Lipinski definition) is 2. The molecule has 3 rings (SSSR count). The summed E-state index contributed by atoms with van der Waals surface area (Å²) in [6, 6.07) is 10.6. The molecule has 2 amide bonds. The van der Waals surface area contributed by atoms with Crippen LogP contribution in [0.5, 0.6) is 0 Å². The molecule has 0 saturated carbocycles. The summed E-state index contributed by atoms with van der Waals surface area (Å²) in [5, 5.41) is 21.9. The molecule has 0 spiro atoms. The number of anilines is 1. The Morgan fingerprint density at radius 2 is 2.00 bits per heavy atom. The van der Waals surface area contributed by atoms with Crippen molar-refractivity contribution in [2.24, 2.45) is 0 Å². The second-order valence-electron chi connectivity index (χ2n) is 7.89. The Balaban J connectivity index is 1.77. The van der Waals surface area contributed by atoms with Crippen molar-refractivity contribution in [2.45, 2.75) is 33.4 Å². The lowest BCUT2D eigenvalue weighted by molar-refractivity contribution is 0.0710. The number of nitrogens with one attached hydrogen (secondary N) is 1. The molecular formula is C23H25ClN4O3. The first kappa shape index (κ1) is 22.6. The zero-order valence-corrected chi connectivity index (χ0v) is 18.5. The van der Waals surface area contributed by atoms with E-state index in [0.29, 0.717) is 48.0 Å². The molecule has 2 aromatic carbocycles. The highest BCUT2D eigenvalue weighted by Gasteiger charge is 2.27.